The number of aromatic nitrogens is 2. The number of hydrogen-bond donors (Lipinski definition) is 0. The van der Waals surface area contributed by atoms with Crippen LogP contribution in [-0.2, 0) is 0 Å². The van der Waals surface area contributed by atoms with Gasteiger partial charge in [-0.3, -0.25) is 0 Å². The smallest absolute Gasteiger partial charge is 0.225 e. The van der Waals surface area contributed by atoms with Crippen molar-refractivity contribution in [3.05, 3.63) is 11.3 Å². The Labute approximate surface area is 75.4 Å². The first-order valence-electron chi connectivity index (χ1n) is 3.80. The highest BCUT2D eigenvalue weighted by Crippen LogP contribution is 2.07. The minimum atomic E-state index is 0.767. The molecule has 0 saturated heterocycles. The Morgan fingerprint density at radius 3 is 2.17 bits per heavy atom. The maximum absolute atomic E-state index is 4.33. The van der Waals surface area contributed by atoms with Crippen molar-refractivity contribution >= 4 is 20.6 Å². The standard InChI is InChI=1S/C8H14N3P/c1-5-6(2)9-8(11(3)4)10-7(5)12/h12H2,1-4H3. The van der Waals surface area contributed by atoms with Crippen LogP contribution in [0.3, 0.4) is 0 Å². The fourth-order valence-corrected chi connectivity index (χ4v) is 1.16. The molecular weight excluding hydrogens is 169 g/mol. The van der Waals surface area contributed by atoms with Gasteiger partial charge in [-0.1, -0.05) is 9.24 Å². The molecule has 0 N–H and O–H groups in total. The first kappa shape index (κ1) is 9.40. The number of aryl methyl sites for hydroxylation is 1. The normalized spacial score (nSPS) is 10.1. The molecule has 1 aromatic heterocycles. The zero-order chi connectivity index (χ0) is 9.30. The summed E-state index contributed by atoms with van der Waals surface area (Å²) in [5.74, 6) is 0.767. The molecule has 0 amide bonds. The molecule has 1 heterocycles. The van der Waals surface area contributed by atoms with E-state index in [1.54, 1.807) is 0 Å². The van der Waals surface area contributed by atoms with Gasteiger partial charge in [-0.2, -0.15) is 0 Å². The average molecular weight is 183 g/mol. The van der Waals surface area contributed by atoms with E-state index in [1.807, 2.05) is 32.8 Å². The van der Waals surface area contributed by atoms with Crippen LogP contribution < -0.4 is 10.3 Å². The molecule has 0 spiro atoms. The molecule has 4 heteroatoms. The first-order chi connectivity index (χ1) is 5.52. The van der Waals surface area contributed by atoms with Gasteiger partial charge < -0.3 is 4.90 Å². The molecule has 1 rings (SSSR count). The molecule has 0 radical (unpaired) electrons. The van der Waals surface area contributed by atoms with E-state index in [1.165, 1.54) is 0 Å². The lowest BCUT2D eigenvalue weighted by Gasteiger charge is -2.12. The van der Waals surface area contributed by atoms with E-state index in [9.17, 15) is 0 Å². The highest BCUT2D eigenvalue weighted by atomic mass is 31.0. The van der Waals surface area contributed by atoms with Crippen LogP contribution in [0.15, 0.2) is 0 Å². The summed E-state index contributed by atoms with van der Waals surface area (Å²) in [4.78, 5) is 10.5. The van der Waals surface area contributed by atoms with Crippen molar-refractivity contribution < 1.29 is 0 Å². The van der Waals surface area contributed by atoms with Crippen molar-refractivity contribution in [1.82, 2.24) is 9.97 Å². The number of hydrogen-bond acceptors (Lipinski definition) is 3. The Balaban J connectivity index is 3.21. The Morgan fingerprint density at radius 2 is 1.75 bits per heavy atom. The molecule has 0 aromatic carbocycles. The number of anilines is 1. The van der Waals surface area contributed by atoms with Crippen molar-refractivity contribution in [2.45, 2.75) is 13.8 Å². The summed E-state index contributed by atoms with van der Waals surface area (Å²) in [6.07, 6.45) is 0. The van der Waals surface area contributed by atoms with Crippen LogP contribution in [0, 0.1) is 13.8 Å². The topological polar surface area (TPSA) is 29.0 Å². The molecule has 1 atom stereocenters. The second-order valence-corrected chi connectivity index (χ2v) is 3.56. The lowest BCUT2D eigenvalue weighted by atomic mass is 10.3. The fourth-order valence-electron chi connectivity index (χ4n) is 0.836. The van der Waals surface area contributed by atoms with E-state index in [2.05, 4.69) is 19.2 Å². The van der Waals surface area contributed by atoms with Gasteiger partial charge in [0.05, 0.1) is 5.44 Å². The maximum Gasteiger partial charge on any atom is 0.225 e. The predicted octanol–water partition coefficient (Wildman–Crippen LogP) is 0.660. The van der Waals surface area contributed by atoms with E-state index < -0.39 is 0 Å². The Morgan fingerprint density at radius 1 is 1.17 bits per heavy atom. The van der Waals surface area contributed by atoms with Crippen LogP contribution in [-0.4, -0.2) is 24.1 Å². The van der Waals surface area contributed by atoms with Gasteiger partial charge >= 0.3 is 0 Å². The first-order valence-corrected chi connectivity index (χ1v) is 4.38. The number of rotatable bonds is 1. The highest BCUT2D eigenvalue weighted by molar-refractivity contribution is 7.27. The summed E-state index contributed by atoms with van der Waals surface area (Å²) in [6.45, 7) is 4.02. The second-order valence-electron chi connectivity index (χ2n) is 3.01. The molecule has 12 heavy (non-hydrogen) atoms. The second kappa shape index (κ2) is 3.36. The maximum atomic E-state index is 4.33. The van der Waals surface area contributed by atoms with Gasteiger partial charge in [-0.05, 0) is 19.4 Å². The predicted molar refractivity (Wildman–Crippen MR) is 55.2 cm³/mol. The van der Waals surface area contributed by atoms with Gasteiger partial charge in [0.2, 0.25) is 5.95 Å². The largest absolute Gasteiger partial charge is 0.347 e. The Hall–Kier alpha value is -0.690. The highest BCUT2D eigenvalue weighted by Gasteiger charge is 2.04. The molecule has 0 saturated carbocycles. The lowest BCUT2D eigenvalue weighted by molar-refractivity contribution is 0.977. The quantitative estimate of drug-likeness (QED) is 0.599. The third-order valence-electron chi connectivity index (χ3n) is 1.82. The van der Waals surface area contributed by atoms with E-state index in [4.69, 9.17) is 0 Å². The minimum absolute atomic E-state index is 0.767. The molecule has 0 aliphatic rings. The zero-order valence-electron chi connectivity index (χ0n) is 7.92. The van der Waals surface area contributed by atoms with E-state index in [-0.39, 0.29) is 0 Å². The van der Waals surface area contributed by atoms with Gasteiger partial charge in [-0.25, -0.2) is 9.97 Å². The summed E-state index contributed by atoms with van der Waals surface area (Å²) in [5.41, 5.74) is 3.16. The third-order valence-corrected chi connectivity index (χ3v) is 2.38. The molecule has 0 aliphatic heterocycles. The molecule has 3 nitrogen and oxygen atoms in total. The van der Waals surface area contributed by atoms with E-state index in [0.717, 1.165) is 22.6 Å². The van der Waals surface area contributed by atoms with Crippen LogP contribution in [0.5, 0.6) is 0 Å². The van der Waals surface area contributed by atoms with Crippen LogP contribution in [0.2, 0.25) is 0 Å². The van der Waals surface area contributed by atoms with Crippen LogP contribution in [0.25, 0.3) is 0 Å². The Kier molecular flexibility index (Phi) is 2.63. The number of nitrogens with zero attached hydrogens (tertiary/aromatic N) is 3. The molecule has 1 unspecified atom stereocenters. The van der Waals surface area contributed by atoms with Gasteiger partial charge in [0, 0.05) is 19.8 Å². The summed E-state index contributed by atoms with van der Waals surface area (Å²) >= 11 is 0. The zero-order valence-corrected chi connectivity index (χ0v) is 9.07. The van der Waals surface area contributed by atoms with Crippen molar-refractivity contribution in [3.63, 3.8) is 0 Å². The third kappa shape index (κ3) is 1.72. The summed E-state index contributed by atoms with van der Waals surface area (Å²) in [5, 5.41) is 0. The lowest BCUT2D eigenvalue weighted by Crippen LogP contribution is -2.18. The molecule has 0 bridgehead atoms. The van der Waals surface area contributed by atoms with Crippen LogP contribution in [0.1, 0.15) is 11.3 Å². The Bertz CT molecular complexity index is 273. The van der Waals surface area contributed by atoms with Crippen LogP contribution in [0.4, 0.5) is 5.95 Å². The van der Waals surface area contributed by atoms with Gasteiger partial charge in [-0.15, -0.1) is 0 Å². The fraction of sp³-hybridized carbons (Fsp3) is 0.500. The van der Waals surface area contributed by atoms with Crippen LogP contribution >= 0.6 is 9.24 Å². The van der Waals surface area contributed by atoms with E-state index in [0.29, 0.717) is 0 Å². The van der Waals surface area contributed by atoms with E-state index >= 15 is 0 Å². The van der Waals surface area contributed by atoms with Gasteiger partial charge in [0.1, 0.15) is 0 Å². The molecule has 0 fully saturated rings. The molecule has 66 valence electrons. The molecular formula is C8H14N3P. The van der Waals surface area contributed by atoms with Gasteiger partial charge in [0.15, 0.2) is 0 Å². The van der Waals surface area contributed by atoms with Crippen molar-refractivity contribution in [2.24, 2.45) is 0 Å². The van der Waals surface area contributed by atoms with Crippen molar-refractivity contribution in [2.75, 3.05) is 19.0 Å². The van der Waals surface area contributed by atoms with Crippen molar-refractivity contribution in [3.8, 4) is 0 Å². The SMILES string of the molecule is Cc1nc(N(C)C)nc(P)c1C. The average Bonchev–Trinajstić information content (AvgIpc) is 1.99. The summed E-state index contributed by atoms with van der Waals surface area (Å²) in [6, 6.07) is 0. The minimum Gasteiger partial charge on any atom is -0.347 e. The summed E-state index contributed by atoms with van der Waals surface area (Å²) in [7, 11) is 6.50. The van der Waals surface area contributed by atoms with Crippen molar-refractivity contribution in [1.29, 1.82) is 0 Å². The monoisotopic (exact) mass is 183 g/mol. The molecule has 1 aromatic rings. The molecule has 0 aliphatic carbocycles. The summed E-state index contributed by atoms with van der Waals surface area (Å²) < 4.78 is 0. The van der Waals surface area contributed by atoms with Gasteiger partial charge in [0.25, 0.3) is 0 Å².